The summed E-state index contributed by atoms with van der Waals surface area (Å²) in [4.78, 5) is 27.0. The number of hydrogen-bond acceptors (Lipinski definition) is 5. The number of aromatic amines is 1. The van der Waals surface area contributed by atoms with E-state index >= 15 is 0 Å². The molecule has 2 N–H and O–H groups in total. The molecule has 0 bridgehead atoms. The summed E-state index contributed by atoms with van der Waals surface area (Å²) in [5.41, 5.74) is 0.866. The van der Waals surface area contributed by atoms with E-state index in [0.717, 1.165) is 25.9 Å². The van der Waals surface area contributed by atoms with Crippen LogP contribution in [0.1, 0.15) is 18.5 Å². The zero-order valence-electron chi connectivity index (χ0n) is 12.5. The molecule has 2 aliphatic heterocycles. The third-order valence-corrected chi connectivity index (χ3v) is 4.48. The molecule has 1 aromatic rings. The lowest BCUT2D eigenvalue weighted by Gasteiger charge is -2.53. The molecular formula is C13H20N6O3. The molecule has 0 unspecified atom stereocenters. The molecule has 9 nitrogen and oxygen atoms in total. The van der Waals surface area contributed by atoms with E-state index in [-0.39, 0.29) is 17.5 Å². The van der Waals surface area contributed by atoms with Gasteiger partial charge in [-0.2, -0.15) is 15.4 Å². The minimum atomic E-state index is -0.267. The van der Waals surface area contributed by atoms with Crippen molar-refractivity contribution in [3.05, 3.63) is 11.9 Å². The summed E-state index contributed by atoms with van der Waals surface area (Å²) in [5, 5.41) is 12.9. The van der Waals surface area contributed by atoms with Gasteiger partial charge < -0.3 is 19.9 Å². The number of hydrogen-bond donors (Lipinski definition) is 2. The van der Waals surface area contributed by atoms with Crippen LogP contribution in [-0.2, 0) is 11.3 Å². The van der Waals surface area contributed by atoms with Crippen molar-refractivity contribution in [3.63, 3.8) is 0 Å². The summed E-state index contributed by atoms with van der Waals surface area (Å²) in [6, 6.07) is -0.0796. The first-order chi connectivity index (χ1) is 10.6. The molecule has 0 atom stereocenters. The standard InChI is InChI=1S/C13H20N6O3/c1-22-12(21)18-4-2-13(3-5-18)8-19(9-13)11(20)14-6-10-7-15-17-16-10/h7H,2-6,8-9H2,1H3,(H,14,20)(H,15,16,17). The van der Waals surface area contributed by atoms with Crippen molar-refractivity contribution in [2.45, 2.75) is 19.4 Å². The second-order valence-corrected chi connectivity index (χ2v) is 5.93. The molecule has 1 spiro atoms. The molecule has 2 fully saturated rings. The molecule has 3 rings (SSSR count). The summed E-state index contributed by atoms with van der Waals surface area (Å²) < 4.78 is 4.74. The first kappa shape index (κ1) is 14.6. The summed E-state index contributed by atoms with van der Waals surface area (Å²) in [6.45, 7) is 3.25. The highest BCUT2D eigenvalue weighted by Crippen LogP contribution is 2.40. The average molecular weight is 308 g/mol. The smallest absolute Gasteiger partial charge is 0.409 e. The first-order valence-electron chi connectivity index (χ1n) is 7.32. The number of rotatable bonds is 2. The molecule has 0 saturated carbocycles. The second kappa shape index (κ2) is 5.82. The highest BCUT2D eigenvalue weighted by Gasteiger charge is 2.47. The minimum absolute atomic E-state index is 0.0796. The lowest BCUT2D eigenvalue weighted by molar-refractivity contribution is -0.0194. The topological polar surface area (TPSA) is 103 Å². The Labute approximate surface area is 128 Å². The van der Waals surface area contributed by atoms with E-state index in [4.69, 9.17) is 4.74 Å². The molecular weight excluding hydrogens is 288 g/mol. The fourth-order valence-corrected chi connectivity index (χ4v) is 3.10. The quantitative estimate of drug-likeness (QED) is 0.811. The molecule has 3 amide bonds. The van der Waals surface area contributed by atoms with Crippen LogP contribution in [0.2, 0.25) is 0 Å². The Morgan fingerprint density at radius 1 is 1.36 bits per heavy atom. The van der Waals surface area contributed by atoms with Crippen LogP contribution < -0.4 is 5.32 Å². The zero-order chi connectivity index (χ0) is 15.6. The van der Waals surface area contributed by atoms with Gasteiger partial charge in [0.2, 0.25) is 0 Å². The molecule has 0 radical (unpaired) electrons. The highest BCUT2D eigenvalue weighted by molar-refractivity contribution is 5.75. The van der Waals surface area contributed by atoms with Gasteiger partial charge in [-0.15, -0.1) is 0 Å². The largest absolute Gasteiger partial charge is 0.453 e. The van der Waals surface area contributed by atoms with Crippen molar-refractivity contribution in [2.75, 3.05) is 33.3 Å². The third kappa shape index (κ3) is 2.83. The molecule has 120 valence electrons. The van der Waals surface area contributed by atoms with Gasteiger partial charge in [0.25, 0.3) is 0 Å². The van der Waals surface area contributed by atoms with Gasteiger partial charge in [-0.1, -0.05) is 0 Å². The number of piperidine rings is 1. The molecule has 0 aliphatic carbocycles. The zero-order valence-corrected chi connectivity index (χ0v) is 12.5. The summed E-state index contributed by atoms with van der Waals surface area (Å²) in [6.07, 6.45) is 3.14. The van der Waals surface area contributed by atoms with Crippen LogP contribution in [0.3, 0.4) is 0 Å². The van der Waals surface area contributed by atoms with Gasteiger partial charge in [-0.25, -0.2) is 9.59 Å². The van der Waals surface area contributed by atoms with Crippen molar-refractivity contribution in [1.82, 2.24) is 30.5 Å². The Morgan fingerprint density at radius 3 is 2.68 bits per heavy atom. The number of methoxy groups -OCH3 is 1. The van der Waals surface area contributed by atoms with Gasteiger partial charge in [-0.3, -0.25) is 0 Å². The van der Waals surface area contributed by atoms with Gasteiger partial charge >= 0.3 is 12.1 Å². The first-order valence-corrected chi connectivity index (χ1v) is 7.32. The molecule has 2 aliphatic rings. The Hall–Kier alpha value is -2.32. The van der Waals surface area contributed by atoms with Crippen LogP contribution in [0.15, 0.2) is 6.20 Å². The van der Waals surface area contributed by atoms with Crippen molar-refractivity contribution >= 4 is 12.1 Å². The number of amides is 3. The number of carbonyl (C=O) groups is 2. The highest BCUT2D eigenvalue weighted by atomic mass is 16.5. The Kier molecular flexibility index (Phi) is 3.86. The Morgan fingerprint density at radius 2 is 2.09 bits per heavy atom. The maximum atomic E-state index is 12.0. The van der Waals surface area contributed by atoms with E-state index in [2.05, 4.69) is 20.7 Å². The second-order valence-electron chi connectivity index (χ2n) is 5.93. The van der Waals surface area contributed by atoms with Crippen molar-refractivity contribution in [2.24, 2.45) is 5.41 Å². The number of aromatic nitrogens is 3. The monoisotopic (exact) mass is 308 g/mol. The van der Waals surface area contributed by atoms with Crippen molar-refractivity contribution in [1.29, 1.82) is 0 Å². The van der Waals surface area contributed by atoms with E-state index < -0.39 is 0 Å². The van der Waals surface area contributed by atoms with E-state index in [1.165, 1.54) is 7.11 Å². The fourth-order valence-electron chi connectivity index (χ4n) is 3.10. The third-order valence-electron chi connectivity index (χ3n) is 4.48. The van der Waals surface area contributed by atoms with Gasteiger partial charge in [0, 0.05) is 31.6 Å². The number of ether oxygens (including phenoxy) is 1. The van der Waals surface area contributed by atoms with E-state index in [1.54, 1.807) is 16.0 Å². The van der Waals surface area contributed by atoms with Gasteiger partial charge in [0.05, 0.1) is 19.9 Å². The van der Waals surface area contributed by atoms with Crippen molar-refractivity contribution in [3.8, 4) is 0 Å². The SMILES string of the molecule is COC(=O)N1CCC2(CC1)CN(C(=O)NCc1cn[nH]n1)C2. The van der Waals surface area contributed by atoms with Crippen LogP contribution >= 0.6 is 0 Å². The van der Waals surface area contributed by atoms with Crippen molar-refractivity contribution < 1.29 is 14.3 Å². The molecule has 0 aromatic carbocycles. The Bertz CT molecular complexity index is 530. The number of H-pyrrole nitrogens is 1. The molecule has 3 heterocycles. The Balaban J connectivity index is 1.42. The number of urea groups is 1. The summed E-state index contributed by atoms with van der Waals surface area (Å²) >= 11 is 0. The van der Waals surface area contributed by atoms with E-state index in [0.29, 0.717) is 25.3 Å². The summed E-state index contributed by atoms with van der Waals surface area (Å²) in [7, 11) is 1.40. The maximum absolute atomic E-state index is 12.0. The number of nitrogens with one attached hydrogen (secondary N) is 2. The minimum Gasteiger partial charge on any atom is -0.453 e. The lowest BCUT2D eigenvalue weighted by atomic mass is 9.72. The molecule has 1 aromatic heterocycles. The summed E-state index contributed by atoms with van der Waals surface area (Å²) in [5.74, 6) is 0. The maximum Gasteiger partial charge on any atom is 0.409 e. The average Bonchev–Trinajstić information content (AvgIpc) is 3.03. The normalized spacial score (nSPS) is 19.7. The number of likely N-dealkylation sites (tertiary alicyclic amines) is 2. The molecule has 22 heavy (non-hydrogen) atoms. The predicted molar refractivity (Wildman–Crippen MR) is 75.8 cm³/mol. The fraction of sp³-hybridized carbons (Fsp3) is 0.692. The molecule has 9 heteroatoms. The van der Waals surface area contributed by atoms with Crippen LogP contribution in [-0.4, -0.2) is 70.6 Å². The van der Waals surface area contributed by atoms with Gasteiger partial charge in [0.1, 0.15) is 5.69 Å². The molecule has 2 saturated heterocycles. The predicted octanol–water partition coefficient (Wildman–Crippen LogP) is 0.178. The lowest BCUT2D eigenvalue weighted by Crippen LogP contribution is -2.63. The van der Waals surface area contributed by atoms with E-state index in [9.17, 15) is 9.59 Å². The van der Waals surface area contributed by atoms with Crippen LogP contribution in [0.5, 0.6) is 0 Å². The van der Waals surface area contributed by atoms with Crippen LogP contribution in [0.4, 0.5) is 9.59 Å². The van der Waals surface area contributed by atoms with Gasteiger partial charge in [-0.05, 0) is 12.8 Å². The number of carbonyl (C=O) groups excluding carboxylic acids is 2. The van der Waals surface area contributed by atoms with E-state index in [1.807, 2.05) is 0 Å². The number of nitrogens with zero attached hydrogens (tertiary/aromatic N) is 4. The van der Waals surface area contributed by atoms with Crippen LogP contribution in [0, 0.1) is 5.41 Å². The van der Waals surface area contributed by atoms with Crippen LogP contribution in [0.25, 0.3) is 0 Å². The van der Waals surface area contributed by atoms with Gasteiger partial charge in [0.15, 0.2) is 0 Å².